The summed E-state index contributed by atoms with van der Waals surface area (Å²) < 4.78 is 0. The van der Waals surface area contributed by atoms with E-state index in [-0.39, 0.29) is 17.9 Å². The smallest absolute Gasteiger partial charge is 0.236 e. The van der Waals surface area contributed by atoms with Gasteiger partial charge in [0.05, 0.1) is 6.54 Å². The molecule has 19 heavy (non-hydrogen) atoms. The number of hydrogen-bond acceptors (Lipinski definition) is 4. The highest BCUT2D eigenvalue weighted by molar-refractivity contribution is 5.79. The molecule has 1 rings (SSSR count). The van der Waals surface area contributed by atoms with E-state index in [1.807, 2.05) is 30.7 Å². The van der Waals surface area contributed by atoms with Crippen LogP contribution < -0.4 is 10.6 Å². The van der Waals surface area contributed by atoms with Crippen molar-refractivity contribution < 1.29 is 9.59 Å². The maximum atomic E-state index is 12.0. The fourth-order valence-corrected chi connectivity index (χ4v) is 2.01. The number of nitrogens with zero attached hydrogens (tertiary/aromatic N) is 2. The second-order valence-corrected chi connectivity index (χ2v) is 5.34. The van der Waals surface area contributed by atoms with Crippen molar-refractivity contribution in [3.63, 3.8) is 0 Å². The van der Waals surface area contributed by atoms with Gasteiger partial charge in [-0.2, -0.15) is 0 Å². The van der Waals surface area contributed by atoms with Crippen LogP contribution in [0.4, 0.5) is 0 Å². The average molecular weight is 270 g/mol. The first-order chi connectivity index (χ1) is 8.99. The molecule has 0 radical (unpaired) electrons. The number of amides is 2. The van der Waals surface area contributed by atoms with Crippen LogP contribution >= 0.6 is 0 Å². The van der Waals surface area contributed by atoms with Crippen molar-refractivity contribution in [1.29, 1.82) is 0 Å². The maximum Gasteiger partial charge on any atom is 0.236 e. The van der Waals surface area contributed by atoms with E-state index in [0.29, 0.717) is 19.5 Å². The van der Waals surface area contributed by atoms with Crippen molar-refractivity contribution in [3.05, 3.63) is 0 Å². The number of rotatable bonds is 6. The van der Waals surface area contributed by atoms with E-state index in [9.17, 15) is 9.59 Å². The molecule has 0 saturated carbocycles. The first kappa shape index (κ1) is 15.9. The third kappa shape index (κ3) is 6.54. The van der Waals surface area contributed by atoms with Crippen molar-refractivity contribution in [3.8, 4) is 0 Å². The van der Waals surface area contributed by atoms with Crippen molar-refractivity contribution in [1.82, 2.24) is 20.4 Å². The van der Waals surface area contributed by atoms with Gasteiger partial charge in [0, 0.05) is 45.2 Å². The van der Waals surface area contributed by atoms with Crippen LogP contribution in [0.1, 0.15) is 20.3 Å². The number of carbonyl (C=O) groups is 2. The Morgan fingerprint density at radius 2 is 1.95 bits per heavy atom. The van der Waals surface area contributed by atoms with Crippen LogP contribution in [0.2, 0.25) is 0 Å². The monoisotopic (exact) mass is 270 g/mol. The topological polar surface area (TPSA) is 64.7 Å². The lowest BCUT2D eigenvalue weighted by atomic mass is 10.3. The zero-order valence-electron chi connectivity index (χ0n) is 12.2. The fourth-order valence-electron chi connectivity index (χ4n) is 2.01. The number of piperazine rings is 1. The third-order valence-electron chi connectivity index (χ3n) is 3.05. The van der Waals surface area contributed by atoms with Crippen molar-refractivity contribution >= 4 is 11.8 Å². The molecule has 0 bridgehead atoms. The number of likely N-dealkylation sites (N-methyl/N-ethyl adjacent to an activating group) is 1. The molecule has 6 nitrogen and oxygen atoms in total. The Morgan fingerprint density at radius 1 is 1.32 bits per heavy atom. The Balaban J connectivity index is 2.20. The molecule has 2 amide bonds. The highest BCUT2D eigenvalue weighted by Crippen LogP contribution is 1.96. The van der Waals surface area contributed by atoms with Gasteiger partial charge < -0.3 is 15.5 Å². The van der Waals surface area contributed by atoms with Crippen LogP contribution in [0.25, 0.3) is 0 Å². The van der Waals surface area contributed by atoms with Crippen LogP contribution in [0, 0.1) is 0 Å². The van der Waals surface area contributed by atoms with E-state index in [4.69, 9.17) is 0 Å². The normalized spacial score (nSPS) is 15.9. The minimum atomic E-state index is 0.0384. The number of nitrogens with one attached hydrogen (secondary N) is 2. The summed E-state index contributed by atoms with van der Waals surface area (Å²) in [6.45, 7) is 8.16. The van der Waals surface area contributed by atoms with Gasteiger partial charge in [-0.1, -0.05) is 0 Å². The Hall–Kier alpha value is -1.14. The van der Waals surface area contributed by atoms with Gasteiger partial charge in [0.2, 0.25) is 11.8 Å². The first-order valence-corrected chi connectivity index (χ1v) is 6.95. The molecular formula is C13H26N4O2. The van der Waals surface area contributed by atoms with Gasteiger partial charge >= 0.3 is 0 Å². The molecule has 1 aliphatic rings. The summed E-state index contributed by atoms with van der Waals surface area (Å²) in [5.41, 5.74) is 0. The van der Waals surface area contributed by atoms with E-state index >= 15 is 0 Å². The fraction of sp³-hybridized carbons (Fsp3) is 0.846. The summed E-state index contributed by atoms with van der Waals surface area (Å²) in [7, 11) is 1.88. The van der Waals surface area contributed by atoms with Crippen molar-refractivity contribution in [2.24, 2.45) is 0 Å². The molecule has 6 heteroatoms. The summed E-state index contributed by atoms with van der Waals surface area (Å²) in [5.74, 6) is 0.185. The molecule has 0 aromatic rings. The van der Waals surface area contributed by atoms with Gasteiger partial charge in [-0.3, -0.25) is 14.5 Å². The molecule has 2 N–H and O–H groups in total. The van der Waals surface area contributed by atoms with E-state index in [2.05, 4.69) is 10.6 Å². The Labute approximate surface area is 115 Å². The van der Waals surface area contributed by atoms with E-state index in [0.717, 1.165) is 26.2 Å². The van der Waals surface area contributed by atoms with Gasteiger partial charge in [0.25, 0.3) is 0 Å². The highest BCUT2D eigenvalue weighted by Gasteiger charge is 2.17. The lowest BCUT2D eigenvalue weighted by molar-refractivity contribution is -0.133. The average Bonchev–Trinajstić information content (AvgIpc) is 2.36. The molecule has 0 aromatic heterocycles. The van der Waals surface area contributed by atoms with Gasteiger partial charge in [-0.25, -0.2) is 0 Å². The first-order valence-electron chi connectivity index (χ1n) is 6.95. The van der Waals surface area contributed by atoms with Crippen molar-refractivity contribution in [2.45, 2.75) is 26.3 Å². The predicted molar refractivity (Wildman–Crippen MR) is 74.8 cm³/mol. The second-order valence-electron chi connectivity index (χ2n) is 5.34. The van der Waals surface area contributed by atoms with Gasteiger partial charge in [0.1, 0.15) is 0 Å². The summed E-state index contributed by atoms with van der Waals surface area (Å²) in [4.78, 5) is 27.3. The zero-order valence-corrected chi connectivity index (χ0v) is 12.2. The second kappa shape index (κ2) is 8.12. The molecule has 0 unspecified atom stereocenters. The zero-order chi connectivity index (χ0) is 14.3. The minimum Gasteiger partial charge on any atom is -0.354 e. The third-order valence-corrected chi connectivity index (χ3v) is 3.05. The van der Waals surface area contributed by atoms with E-state index < -0.39 is 0 Å². The Bertz CT molecular complexity index is 301. The summed E-state index contributed by atoms with van der Waals surface area (Å²) in [5, 5.41) is 6.07. The molecule has 1 fully saturated rings. The van der Waals surface area contributed by atoms with Crippen LogP contribution in [0.3, 0.4) is 0 Å². The standard InChI is InChI=1S/C13H26N4O2/c1-11(2)15-12(18)4-7-16(3)10-13(19)17-8-5-14-6-9-17/h11,14H,4-10H2,1-3H3,(H,15,18). The predicted octanol–water partition coefficient (Wildman–Crippen LogP) is -0.735. The van der Waals surface area contributed by atoms with Crippen LogP contribution in [-0.2, 0) is 9.59 Å². The van der Waals surface area contributed by atoms with Crippen LogP contribution in [0.5, 0.6) is 0 Å². The molecule has 0 atom stereocenters. The van der Waals surface area contributed by atoms with Gasteiger partial charge in [-0.15, -0.1) is 0 Å². The summed E-state index contributed by atoms with van der Waals surface area (Å²) >= 11 is 0. The largest absolute Gasteiger partial charge is 0.354 e. The highest BCUT2D eigenvalue weighted by atomic mass is 16.2. The van der Waals surface area contributed by atoms with Gasteiger partial charge in [-0.05, 0) is 20.9 Å². The number of hydrogen-bond donors (Lipinski definition) is 2. The molecule has 1 heterocycles. The molecule has 0 aliphatic carbocycles. The molecule has 1 aliphatic heterocycles. The molecule has 0 aromatic carbocycles. The van der Waals surface area contributed by atoms with Crippen LogP contribution in [0.15, 0.2) is 0 Å². The summed E-state index contributed by atoms with van der Waals surface area (Å²) in [6.07, 6.45) is 0.434. The van der Waals surface area contributed by atoms with Gasteiger partial charge in [0.15, 0.2) is 0 Å². The molecule has 0 spiro atoms. The molecular weight excluding hydrogens is 244 g/mol. The number of carbonyl (C=O) groups excluding carboxylic acids is 2. The SMILES string of the molecule is CC(C)NC(=O)CCN(C)CC(=O)N1CCNCC1. The van der Waals surface area contributed by atoms with E-state index in [1.165, 1.54) is 0 Å². The minimum absolute atomic E-state index is 0.0384. The van der Waals surface area contributed by atoms with Crippen LogP contribution in [-0.4, -0.2) is 74.0 Å². The lowest BCUT2D eigenvalue weighted by Crippen LogP contribution is -2.49. The Morgan fingerprint density at radius 3 is 2.53 bits per heavy atom. The van der Waals surface area contributed by atoms with E-state index in [1.54, 1.807) is 0 Å². The lowest BCUT2D eigenvalue weighted by Gasteiger charge is -2.29. The quantitative estimate of drug-likeness (QED) is 0.667. The maximum absolute atomic E-state index is 12.0. The molecule has 1 saturated heterocycles. The van der Waals surface area contributed by atoms with Crippen molar-refractivity contribution in [2.75, 3.05) is 46.3 Å². The summed E-state index contributed by atoms with van der Waals surface area (Å²) in [6, 6.07) is 0.167. The molecule has 110 valence electrons. The Kier molecular flexibility index (Phi) is 6.80.